The molecule has 0 aliphatic carbocycles. The maximum atomic E-state index is 13.3. The lowest BCUT2D eigenvalue weighted by Crippen LogP contribution is -2.25. The van der Waals surface area contributed by atoms with Gasteiger partial charge in [-0.05, 0) is 105 Å². The van der Waals surface area contributed by atoms with Crippen molar-refractivity contribution in [2.24, 2.45) is 8.80 Å². The van der Waals surface area contributed by atoms with E-state index in [1.54, 1.807) is 0 Å². The summed E-state index contributed by atoms with van der Waals surface area (Å²) in [6.45, 7) is 0. The van der Waals surface area contributed by atoms with Gasteiger partial charge in [-0.1, -0.05) is 84.9 Å². The number of para-hydroxylation sites is 8. The Hall–Kier alpha value is -7.23. The van der Waals surface area contributed by atoms with Crippen LogP contribution in [0.3, 0.4) is 0 Å². The van der Waals surface area contributed by atoms with Gasteiger partial charge in [0.1, 0.15) is 10.7 Å². The zero-order chi connectivity index (χ0) is 38.2. The van der Waals surface area contributed by atoms with E-state index in [0.29, 0.717) is 10.7 Å². The summed E-state index contributed by atoms with van der Waals surface area (Å²) >= 11 is 0. The van der Waals surface area contributed by atoms with E-state index in [1.165, 1.54) is 0 Å². The van der Waals surface area contributed by atoms with Crippen molar-refractivity contribution in [1.82, 2.24) is 0 Å². The minimum atomic E-state index is -4.10. The van der Waals surface area contributed by atoms with Crippen molar-refractivity contribution in [2.45, 2.75) is 0 Å². The molecular weight excluding hydrogens is 725 g/mol. The molecule has 0 atom stereocenters. The van der Waals surface area contributed by atoms with Crippen LogP contribution in [-0.2, 0) is 10.2 Å². The molecule has 0 spiro atoms. The number of benzene rings is 9. The van der Waals surface area contributed by atoms with E-state index in [0.717, 1.165) is 100.0 Å². The fourth-order valence-electron chi connectivity index (χ4n) is 9.36. The highest BCUT2D eigenvalue weighted by Gasteiger charge is 2.29. The predicted octanol–water partition coefficient (Wildman–Crippen LogP) is 10.9. The number of rotatable bonds is 2. The zero-order valence-electron chi connectivity index (χ0n) is 30.9. The van der Waals surface area contributed by atoms with Gasteiger partial charge in [-0.3, -0.25) is 0 Å². The third-order valence-corrected chi connectivity index (χ3v) is 12.7. The second kappa shape index (κ2) is 11.4. The first-order valence-electron chi connectivity index (χ1n) is 18.9. The van der Waals surface area contributed by atoms with Gasteiger partial charge in [0.05, 0.1) is 45.5 Å². The molecule has 0 saturated carbocycles. The maximum absolute atomic E-state index is 13.3. The first-order valence-corrected chi connectivity index (χ1v) is 20.3. The SMILES string of the molecule is CN1c2ccccc2N(c2ccc3c(ccc4c5ccc6cc(N7c8ccccc8N(C)c8ccccc87)ccc6c5c5c(c34)=NS(=O)(=O)N=5)c2)c2ccccc21. The summed E-state index contributed by atoms with van der Waals surface area (Å²) in [5.41, 5.74) is 10.8. The van der Waals surface area contributed by atoms with Crippen LogP contribution < -0.4 is 30.3 Å². The average Bonchev–Trinajstić information content (AvgIpc) is 3.58. The van der Waals surface area contributed by atoms with Crippen LogP contribution in [0.15, 0.2) is 167 Å². The summed E-state index contributed by atoms with van der Waals surface area (Å²) in [6.07, 6.45) is 0. The molecule has 3 heterocycles. The van der Waals surface area contributed by atoms with Gasteiger partial charge in [0.2, 0.25) is 0 Å². The van der Waals surface area contributed by atoms with Gasteiger partial charge in [-0.15, -0.1) is 8.80 Å². The van der Waals surface area contributed by atoms with Gasteiger partial charge in [0.25, 0.3) is 0 Å². The molecule has 9 aromatic carbocycles. The number of fused-ring (bicyclic) bond motifs is 14. The number of nitrogens with zero attached hydrogens (tertiary/aromatic N) is 6. The van der Waals surface area contributed by atoms with Crippen molar-refractivity contribution in [3.05, 3.63) is 168 Å². The lowest BCUT2D eigenvalue weighted by molar-refractivity contribution is 0.599. The maximum Gasteiger partial charge on any atom is 0.364 e. The third kappa shape index (κ3) is 4.45. The molecule has 57 heavy (non-hydrogen) atoms. The Bertz CT molecular complexity index is 3190. The molecule has 9 heteroatoms. The first kappa shape index (κ1) is 32.1. The van der Waals surface area contributed by atoms with Crippen LogP contribution in [0.1, 0.15) is 0 Å². The van der Waals surface area contributed by atoms with Crippen LogP contribution in [0.5, 0.6) is 0 Å². The highest BCUT2D eigenvalue weighted by atomic mass is 32.2. The molecule has 8 nitrogen and oxygen atoms in total. The van der Waals surface area contributed by atoms with Crippen LogP contribution >= 0.6 is 0 Å². The normalized spacial score (nSPS) is 14.9. The molecule has 0 fully saturated rings. The fourth-order valence-corrected chi connectivity index (χ4v) is 10.2. The predicted molar refractivity (Wildman–Crippen MR) is 233 cm³/mol. The van der Waals surface area contributed by atoms with Crippen molar-refractivity contribution in [3.8, 4) is 0 Å². The minimum absolute atomic E-state index is 0.393. The van der Waals surface area contributed by atoms with Crippen LogP contribution in [-0.4, -0.2) is 22.5 Å². The molecule has 0 amide bonds. The Kier molecular flexibility index (Phi) is 6.42. The number of hydrogen-bond acceptors (Lipinski definition) is 6. The minimum Gasteiger partial charge on any atom is -0.341 e. The molecule has 12 rings (SSSR count). The van der Waals surface area contributed by atoms with Crippen molar-refractivity contribution in [1.29, 1.82) is 0 Å². The van der Waals surface area contributed by atoms with Crippen LogP contribution in [0.2, 0.25) is 0 Å². The van der Waals surface area contributed by atoms with Crippen LogP contribution in [0, 0.1) is 0 Å². The Morgan fingerprint density at radius 2 is 0.702 bits per heavy atom. The monoisotopic (exact) mass is 756 g/mol. The van der Waals surface area contributed by atoms with E-state index in [2.05, 4.69) is 200 Å². The Balaban J connectivity index is 1.07. The molecular formula is C48H32N6O2S. The van der Waals surface area contributed by atoms with Gasteiger partial charge in [0.15, 0.2) is 0 Å². The second-order valence-corrected chi connectivity index (χ2v) is 16.1. The molecule has 9 aromatic rings. The largest absolute Gasteiger partial charge is 0.364 e. The molecule has 0 unspecified atom stereocenters. The van der Waals surface area contributed by atoms with Gasteiger partial charge in [0, 0.05) is 36.2 Å². The van der Waals surface area contributed by atoms with Crippen molar-refractivity contribution in [3.63, 3.8) is 0 Å². The van der Waals surface area contributed by atoms with E-state index in [-0.39, 0.29) is 0 Å². The number of anilines is 10. The quantitative estimate of drug-likeness (QED) is 0.164. The van der Waals surface area contributed by atoms with Crippen molar-refractivity contribution >= 4 is 110 Å². The molecule has 3 aliphatic rings. The average molecular weight is 757 g/mol. The summed E-state index contributed by atoms with van der Waals surface area (Å²) < 4.78 is 35.3. The Morgan fingerprint density at radius 1 is 0.386 bits per heavy atom. The van der Waals surface area contributed by atoms with Gasteiger partial charge < -0.3 is 19.6 Å². The number of hydrogen-bond donors (Lipinski definition) is 0. The van der Waals surface area contributed by atoms with Gasteiger partial charge in [-0.25, -0.2) is 0 Å². The summed E-state index contributed by atoms with van der Waals surface area (Å²) in [7, 11) is 0.104. The fraction of sp³-hybridized carbons (Fsp3) is 0.0417. The second-order valence-electron chi connectivity index (χ2n) is 14.9. The Labute approximate surface area is 328 Å². The molecule has 0 bridgehead atoms. The zero-order valence-corrected chi connectivity index (χ0v) is 31.7. The topological polar surface area (TPSA) is 71.8 Å². The molecule has 0 radical (unpaired) electrons. The summed E-state index contributed by atoms with van der Waals surface area (Å²) in [6, 6.07) is 55.0. The van der Waals surface area contributed by atoms with Crippen molar-refractivity contribution < 1.29 is 8.42 Å². The van der Waals surface area contributed by atoms with Gasteiger partial charge in [-0.2, -0.15) is 8.42 Å². The lowest BCUT2D eigenvalue weighted by atomic mass is 9.92. The highest BCUT2D eigenvalue weighted by Crippen LogP contribution is 2.52. The van der Waals surface area contributed by atoms with Gasteiger partial charge >= 0.3 is 10.2 Å². The smallest absolute Gasteiger partial charge is 0.341 e. The molecule has 0 saturated heterocycles. The summed E-state index contributed by atoms with van der Waals surface area (Å²) in [4.78, 5) is 9.04. The highest BCUT2D eigenvalue weighted by molar-refractivity contribution is 7.88. The Morgan fingerprint density at radius 3 is 1.05 bits per heavy atom. The van der Waals surface area contributed by atoms with Crippen LogP contribution in [0.25, 0.3) is 43.1 Å². The molecule has 272 valence electrons. The van der Waals surface area contributed by atoms with E-state index < -0.39 is 10.2 Å². The first-order chi connectivity index (χ1) is 27.8. The summed E-state index contributed by atoms with van der Waals surface area (Å²) in [5, 5.41) is 8.02. The molecule has 0 N–H and O–H groups in total. The van der Waals surface area contributed by atoms with E-state index in [9.17, 15) is 8.42 Å². The van der Waals surface area contributed by atoms with E-state index in [1.807, 2.05) is 0 Å². The molecule has 0 aromatic heterocycles. The van der Waals surface area contributed by atoms with E-state index in [4.69, 9.17) is 0 Å². The van der Waals surface area contributed by atoms with Crippen LogP contribution in [0.4, 0.5) is 56.9 Å². The summed E-state index contributed by atoms with van der Waals surface area (Å²) in [5.74, 6) is 0. The molecule has 3 aliphatic heterocycles. The van der Waals surface area contributed by atoms with Crippen molar-refractivity contribution in [2.75, 3.05) is 33.7 Å². The standard InChI is InChI=1S/C48H32N6O2S/c1-51-37-11-3-7-15-41(37)53(42-16-8-4-12-38(42)51)31-21-25-33-29(27-31)19-23-35-36-24-20-30-28-32(22-26-34(30)46(36)48-47(45(33)35)49-57(55,56)50-48)54-43-17-9-5-13-39(43)52(2)40-14-6-10-18-44(40)54/h3-28H,1-2H3. The van der Waals surface area contributed by atoms with E-state index >= 15 is 0 Å². The lowest BCUT2D eigenvalue weighted by Gasteiger charge is -2.38. The third-order valence-electron chi connectivity index (χ3n) is 11.9.